The molecule has 0 atom stereocenters. The van der Waals surface area contributed by atoms with Crippen molar-refractivity contribution in [1.29, 1.82) is 0 Å². The third kappa shape index (κ3) is 1.99. The number of aromatic nitrogens is 2. The van der Waals surface area contributed by atoms with Gasteiger partial charge in [-0.2, -0.15) is 0 Å². The highest BCUT2D eigenvalue weighted by Crippen LogP contribution is 2.36. The highest BCUT2D eigenvalue weighted by Gasteiger charge is 2.20. The Balaban J connectivity index is 2.10. The normalized spacial score (nSPS) is 14.6. The van der Waals surface area contributed by atoms with Crippen LogP contribution in [0.25, 0.3) is 0 Å². The van der Waals surface area contributed by atoms with E-state index < -0.39 is 0 Å². The molecule has 0 radical (unpaired) electrons. The van der Waals surface area contributed by atoms with Gasteiger partial charge in [0, 0.05) is 18.9 Å². The molecule has 0 spiro atoms. The SMILES string of the molecule is Clc1nccnc1N1CCCOc2ccccc21. The zero-order chi connectivity index (χ0) is 12.4. The van der Waals surface area contributed by atoms with E-state index in [0.717, 1.165) is 24.4 Å². The standard InChI is InChI=1S/C13H12ClN3O/c14-12-13(16-7-6-15-12)17-8-3-9-18-11-5-2-1-4-10(11)17/h1-2,4-7H,3,8-9H2. The molecule has 0 amide bonds. The summed E-state index contributed by atoms with van der Waals surface area (Å²) in [5.74, 6) is 1.54. The number of hydrogen-bond acceptors (Lipinski definition) is 4. The molecule has 3 rings (SSSR count). The monoisotopic (exact) mass is 261 g/mol. The lowest BCUT2D eigenvalue weighted by atomic mass is 10.2. The summed E-state index contributed by atoms with van der Waals surface area (Å²) in [6, 6.07) is 7.90. The number of benzene rings is 1. The maximum Gasteiger partial charge on any atom is 0.172 e. The average Bonchev–Trinajstić information content (AvgIpc) is 2.62. The smallest absolute Gasteiger partial charge is 0.172 e. The molecule has 1 aromatic heterocycles. The molecule has 1 aliphatic rings. The highest BCUT2D eigenvalue weighted by molar-refractivity contribution is 6.31. The summed E-state index contributed by atoms with van der Waals surface area (Å²) in [5, 5.41) is 0.411. The van der Waals surface area contributed by atoms with E-state index in [1.165, 1.54) is 0 Å². The van der Waals surface area contributed by atoms with Crippen molar-refractivity contribution in [3.63, 3.8) is 0 Å². The molecule has 92 valence electrons. The average molecular weight is 262 g/mol. The van der Waals surface area contributed by atoms with E-state index in [2.05, 4.69) is 14.9 Å². The van der Waals surface area contributed by atoms with Crippen LogP contribution >= 0.6 is 11.6 Å². The van der Waals surface area contributed by atoms with Crippen molar-refractivity contribution in [3.05, 3.63) is 41.8 Å². The Morgan fingerprint density at radius 2 is 2.00 bits per heavy atom. The van der Waals surface area contributed by atoms with Crippen molar-refractivity contribution in [2.75, 3.05) is 18.1 Å². The van der Waals surface area contributed by atoms with Crippen LogP contribution in [0.5, 0.6) is 5.75 Å². The van der Waals surface area contributed by atoms with Gasteiger partial charge in [-0.15, -0.1) is 0 Å². The molecular weight excluding hydrogens is 250 g/mol. The summed E-state index contributed by atoms with van der Waals surface area (Å²) in [6.07, 6.45) is 4.16. The van der Waals surface area contributed by atoms with Crippen LogP contribution in [-0.2, 0) is 0 Å². The first-order chi connectivity index (χ1) is 8.86. The first kappa shape index (κ1) is 11.3. The fourth-order valence-corrected chi connectivity index (χ4v) is 2.25. The number of hydrogen-bond donors (Lipinski definition) is 0. The van der Waals surface area contributed by atoms with Gasteiger partial charge < -0.3 is 9.64 Å². The molecular formula is C13H12ClN3O. The Hall–Kier alpha value is -1.81. The predicted octanol–water partition coefficient (Wildman–Crippen LogP) is 3.05. The van der Waals surface area contributed by atoms with E-state index in [1.807, 2.05) is 24.3 Å². The molecule has 0 aliphatic carbocycles. The van der Waals surface area contributed by atoms with Crippen LogP contribution in [0.15, 0.2) is 36.7 Å². The number of rotatable bonds is 1. The Morgan fingerprint density at radius 3 is 2.89 bits per heavy atom. The van der Waals surface area contributed by atoms with Crippen LogP contribution in [0.1, 0.15) is 6.42 Å². The summed E-state index contributed by atoms with van der Waals surface area (Å²) in [6.45, 7) is 1.51. The van der Waals surface area contributed by atoms with Gasteiger partial charge in [-0.25, -0.2) is 9.97 Å². The van der Waals surface area contributed by atoms with Crippen LogP contribution < -0.4 is 9.64 Å². The van der Waals surface area contributed by atoms with Crippen molar-refractivity contribution < 1.29 is 4.74 Å². The number of anilines is 2. The fraction of sp³-hybridized carbons (Fsp3) is 0.231. The topological polar surface area (TPSA) is 38.2 Å². The molecule has 0 saturated heterocycles. The van der Waals surface area contributed by atoms with Gasteiger partial charge in [-0.3, -0.25) is 0 Å². The van der Waals surface area contributed by atoms with Crippen molar-refractivity contribution in [2.24, 2.45) is 0 Å². The molecule has 0 N–H and O–H groups in total. The molecule has 4 nitrogen and oxygen atoms in total. The third-order valence-electron chi connectivity index (χ3n) is 2.83. The largest absolute Gasteiger partial charge is 0.491 e. The van der Waals surface area contributed by atoms with Crippen LogP contribution in [0.2, 0.25) is 5.15 Å². The molecule has 1 aliphatic heterocycles. The molecule has 0 saturated carbocycles. The quantitative estimate of drug-likeness (QED) is 0.791. The molecule has 2 heterocycles. The minimum absolute atomic E-state index is 0.411. The summed E-state index contributed by atoms with van der Waals surface area (Å²) in [5.41, 5.74) is 0.984. The van der Waals surface area contributed by atoms with Gasteiger partial charge >= 0.3 is 0 Å². The number of fused-ring (bicyclic) bond motifs is 1. The van der Waals surface area contributed by atoms with Crippen LogP contribution in [0, 0.1) is 0 Å². The second-order valence-corrected chi connectivity index (χ2v) is 4.35. The van der Waals surface area contributed by atoms with E-state index in [4.69, 9.17) is 16.3 Å². The van der Waals surface area contributed by atoms with E-state index >= 15 is 0 Å². The van der Waals surface area contributed by atoms with Crippen molar-refractivity contribution in [1.82, 2.24) is 9.97 Å². The predicted molar refractivity (Wildman–Crippen MR) is 70.6 cm³/mol. The van der Waals surface area contributed by atoms with Gasteiger partial charge in [-0.05, 0) is 18.6 Å². The van der Waals surface area contributed by atoms with Crippen LogP contribution in [-0.4, -0.2) is 23.1 Å². The zero-order valence-corrected chi connectivity index (χ0v) is 10.5. The number of halogens is 1. The molecule has 2 aromatic rings. The van der Waals surface area contributed by atoms with Crippen LogP contribution in [0.4, 0.5) is 11.5 Å². The lowest BCUT2D eigenvalue weighted by Gasteiger charge is -2.22. The summed E-state index contributed by atoms with van der Waals surface area (Å²) in [4.78, 5) is 10.4. The van der Waals surface area contributed by atoms with Gasteiger partial charge in [0.2, 0.25) is 0 Å². The highest BCUT2D eigenvalue weighted by atomic mass is 35.5. The Morgan fingerprint density at radius 1 is 1.17 bits per heavy atom. The zero-order valence-electron chi connectivity index (χ0n) is 9.71. The maximum atomic E-state index is 6.12. The Labute approximate surface area is 110 Å². The van der Waals surface area contributed by atoms with E-state index in [-0.39, 0.29) is 0 Å². The summed E-state index contributed by atoms with van der Waals surface area (Å²) >= 11 is 6.12. The lowest BCUT2D eigenvalue weighted by molar-refractivity contribution is 0.322. The minimum atomic E-state index is 0.411. The van der Waals surface area contributed by atoms with Crippen molar-refractivity contribution in [3.8, 4) is 5.75 Å². The number of para-hydroxylation sites is 2. The third-order valence-corrected chi connectivity index (χ3v) is 3.10. The number of nitrogens with zero attached hydrogens (tertiary/aromatic N) is 3. The minimum Gasteiger partial charge on any atom is -0.491 e. The summed E-state index contributed by atoms with van der Waals surface area (Å²) in [7, 11) is 0. The Kier molecular flexibility index (Phi) is 3.02. The van der Waals surface area contributed by atoms with Crippen molar-refractivity contribution in [2.45, 2.75) is 6.42 Å². The van der Waals surface area contributed by atoms with E-state index in [9.17, 15) is 0 Å². The Bertz CT molecular complexity index is 561. The molecule has 1 aromatic carbocycles. The second kappa shape index (κ2) is 4.82. The molecule has 5 heteroatoms. The van der Waals surface area contributed by atoms with Gasteiger partial charge in [0.05, 0.1) is 12.3 Å². The van der Waals surface area contributed by atoms with Crippen LogP contribution in [0.3, 0.4) is 0 Å². The van der Waals surface area contributed by atoms with Gasteiger partial charge in [0.1, 0.15) is 5.75 Å². The second-order valence-electron chi connectivity index (χ2n) is 3.99. The molecule has 18 heavy (non-hydrogen) atoms. The lowest BCUT2D eigenvalue weighted by Crippen LogP contribution is -2.19. The first-order valence-electron chi connectivity index (χ1n) is 5.82. The molecule has 0 unspecified atom stereocenters. The van der Waals surface area contributed by atoms with E-state index in [0.29, 0.717) is 17.6 Å². The fourth-order valence-electron chi connectivity index (χ4n) is 2.04. The van der Waals surface area contributed by atoms with Gasteiger partial charge in [0.25, 0.3) is 0 Å². The maximum absolute atomic E-state index is 6.12. The number of ether oxygens (including phenoxy) is 1. The van der Waals surface area contributed by atoms with Gasteiger partial charge in [-0.1, -0.05) is 23.7 Å². The molecule has 0 fully saturated rings. The van der Waals surface area contributed by atoms with Gasteiger partial charge in [0.15, 0.2) is 11.0 Å². The molecule has 0 bridgehead atoms. The summed E-state index contributed by atoms with van der Waals surface area (Å²) < 4.78 is 5.71. The van der Waals surface area contributed by atoms with E-state index in [1.54, 1.807) is 12.4 Å². The first-order valence-corrected chi connectivity index (χ1v) is 6.20. The van der Waals surface area contributed by atoms with Crippen molar-refractivity contribution >= 4 is 23.1 Å².